The van der Waals surface area contributed by atoms with Crippen LogP contribution in [0.4, 0.5) is 0 Å². The minimum absolute atomic E-state index is 0.0887. The molecular formula is C26H25IN2O3S. The number of fused-ring (bicyclic) bond motifs is 1. The maximum Gasteiger partial charge on any atom is 0.276 e. The fourth-order valence-corrected chi connectivity index (χ4v) is 4.98. The summed E-state index contributed by atoms with van der Waals surface area (Å²) in [5.41, 5.74) is 2.52. The second kappa shape index (κ2) is 10.1. The largest absolute Gasteiger partial charge is 0.490 e. The van der Waals surface area contributed by atoms with E-state index in [1.165, 1.54) is 10.8 Å². The van der Waals surface area contributed by atoms with Crippen molar-refractivity contribution in [3.8, 4) is 11.5 Å². The molecule has 0 saturated carbocycles. The van der Waals surface area contributed by atoms with Crippen LogP contribution in [0.15, 0.2) is 60.3 Å². The molecule has 0 spiro atoms. The summed E-state index contributed by atoms with van der Waals surface area (Å²) in [5, 5.41) is 2.88. The van der Waals surface area contributed by atoms with Gasteiger partial charge in [0, 0.05) is 13.6 Å². The van der Waals surface area contributed by atoms with Crippen LogP contribution in [0.25, 0.3) is 16.8 Å². The van der Waals surface area contributed by atoms with Crippen molar-refractivity contribution < 1.29 is 14.3 Å². The highest BCUT2D eigenvalue weighted by atomic mass is 127. The lowest BCUT2D eigenvalue weighted by Crippen LogP contribution is -2.30. The zero-order valence-electron chi connectivity index (χ0n) is 18.8. The van der Waals surface area contributed by atoms with Crippen molar-refractivity contribution in [3.63, 3.8) is 0 Å². The van der Waals surface area contributed by atoms with Crippen LogP contribution in [-0.4, -0.2) is 41.0 Å². The molecule has 4 rings (SSSR count). The van der Waals surface area contributed by atoms with E-state index in [2.05, 4.69) is 46.9 Å². The number of likely N-dealkylation sites (N-methyl/N-ethyl adjacent to an activating group) is 2. The SMILES string of the molecule is CCOc1cc(/C=C2/C(=O)N(CC)C(=S)N2C)cc(I)c1OCc1cccc2ccccc12. The first-order chi connectivity index (χ1) is 15.9. The molecule has 33 heavy (non-hydrogen) atoms. The maximum atomic E-state index is 12.8. The summed E-state index contributed by atoms with van der Waals surface area (Å²) in [6, 6.07) is 18.4. The molecule has 1 aliphatic heterocycles. The highest BCUT2D eigenvalue weighted by molar-refractivity contribution is 14.1. The standard InChI is InChI=1S/C26H25IN2O3S/c1-4-29-25(30)22(28(3)26(29)33)14-17-13-21(27)24(23(15-17)31-5-2)32-16-19-11-8-10-18-9-6-7-12-20(18)19/h6-15H,4-5,16H2,1-3H3/b22-14-. The summed E-state index contributed by atoms with van der Waals surface area (Å²) < 4.78 is 13.1. The summed E-state index contributed by atoms with van der Waals surface area (Å²) in [7, 11) is 1.82. The fourth-order valence-electron chi connectivity index (χ4n) is 3.89. The van der Waals surface area contributed by atoms with Gasteiger partial charge in [0.1, 0.15) is 12.3 Å². The number of halogens is 1. The van der Waals surface area contributed by atoms with Crippen LogP contribution in [0.3, 0.4) is 0 Å². The molecule has 3 aromatic carbocycles. The summed E-state index contributed by atoms with van der Waals surface area (Å²) in [6.45, 7) is 5.34. The smallest absolute Gasteiger partial charge is 0.276 e. The Morgan fingerprint density at radius 1 is 1.06 bits per heavy atom. The van der Waals surface area contributed by atoms with Gasteiger partial charge in [-0.2, -0.15) is 0 Å². The third-order valence-corrected chi connectivity index (χ3v) is 6.84. The zero-order valence-corrected chi connectivity index (χ0v) is 21.8. The van der Waals surface area contributed by atoms with Gasteiger partial charge >= 0.3 is 0 Å². The van der Waals surface area contributed by atoms with Gasteiger partial charge in [0.05, 0.1) is 10.2 Å². The van der Waals surface area contributed by atoms with Crippen LogP contribution >= 0.6 is 34.8 Å². The average molecular weight is 572 g/mol. The number of ether oxygens (including phenoxy) is 2. The van der Waals surface area contributed by atoms with Crippen molar-refractivity contribution >= 4 is 62.7 Å². The lowest BCUT2D eigenvalue weighted by Gasteiger charge is -2.16. The minimum atomic E-state index is -0.0887. The van der Waals surface area contributed by atoms with Gasteiger partial charge in [-0.15, -0.1) is 0 Å². The Bertz CT molecular complexity index is 1250. The van der Waals surface area contributed by atoms with Gasteiger partial charge in [0.25, 0.3) is 5.91 Å². The molecule has 1 fully saturated rings. The van der Waals surface area contributed by atoms with Crippen molar-refractivity contribution in [1.82, 2.24) is 9.80 Å². The Morgan fingerprint density at radius 3 is 2.55 bits per heavy atom. The Labute approximate surface area is 213 Å². The summed E-state index contributed by atoms with van der Waals surface area (Å²) >= 11 is 7.66. The number of thiocarbonyl (C=S) groups is 1. The van der Waals surface area contributed by atoms with Crippen LogP contribution in [0.2, 0.25) is 0 Å². The van der Waals surface area contributed by atoms with E-state index in [0.717, 1.165) is 14.7 Å². The van der Waals surface area contributed by atoms with Gasteiger partial charge in [-0.25, -0.2) is 0 Å². The lowest BCUT2D eigenvalue weighted by molar-refractivity contribution is -0.122. The van der Waals surface area contributed by atoms with Crippen molar-refractivity contribution in [2.75, 3.05) is 20.2 Å². The molecule has 5 nitrogen and oxygen atoms in total. The van der Waals surface area contributed by atoms with Gasteiger partial charge in [-0.1, -0.05) is 42.5 Å². The van der Waals surface area contributed by atoms with Crippen molar-refractivity contribution in [2.24, 2.45) is 0 Å². The number of rotatable bonds is 7. The van der Waals surface area contributed by atoms with Gasteiger partial charge < -0.3 is 14.4 Å². The number of nitrogens with zero attached hydrogens (tertiary/aromatic N) is 2. The second-order valence-electron chi connectivity index (χ2n) is 7.61. The molecule has 170 valence electrons. The average Bonchev–Trinajstić information content (AvgIpc) is 3.01. The van der Waals surface area contributed by atoms with Gasteiger partial charge in [-0.3, -0.25) is 9.69 Å². The second-order valence-corrected chi connectivity index (χ2v) is 9.14. The first kappa shape index (κ1) is 23.5. The number of hydrogen-bond donors (Lipinski definition) is 0. The molecule has 1 saturated heterocycles. The van der Waals surface area contributed by atoms with Crippen LogP contribution in [0.5, 0.6) is 11.5 Å². The van der Waals surface area contributed by atoms with E-state index in [0.29, 0.717) is 42.1 Å². The molecule has 0 atom stereocenters. The first-order valence-electron chi connectivity index (χ1n) is 10.8. The lowest BCUT2D eigenvalue weighted by atomic mass is 10.1. The molecule has 0 bridgehead atoms. The number of benzene rings is 3. The topological polar surface area (TPSA) is 42.0 Å². The fraction of sp³-hybridized carbons (Fsp3) is 0.231. The quantitative estimate of drug-likeness (QED) is 0.202. The van der Waals surface area contributed by atoms with E-state index in [-0.39, 0.29) is 5.91 Å². The molecule has 3 aromatic rings. The Kier molecular flexibility index (Phi) is 7.19. The maximum absolute atomic E-state index is 12.8. The monoisotopic (exact) mass is 572 g/mol. The molecule has 0 N–H and O–H groups in total. The number of hydrogen-bond acceptors (Lipinski definition) is 4. The predicted octanol–water partition coefficient (Wildman–Crippen LogP) is 5.84. The van der Waals surface area contributed by atoms with Crippen molar-refractivity contribution in [3.05, 3.63) is 75.0 Å². The predicted molar refractivity (Wildman–Crippen MR) is 144 cm³/mol. The highest BCUT2D eigenvalue weighted by Gasteiger charge is 2.34. The van der Waals surface area contributed by atoms with E-state index in [9.17, 15) is 4.79 Å². The normalized spacial score (nSPS) is 15.1. The summed E-state index contributed by atoms with van der Waals surface area (Å²) in [6.07, 6.45) is 1.85. The van der Waals surface area contributed by atoms with Crippen molar-refractivity contribution in [1.29, 1.82) is 0 Å². The van der Waals surface area contributed by atoms with Crippen LogP contribution < -0.4 is 9.47 Å². The Hall–Kier alpha value is -2.65. The third kappa shape index (κ3) is 4.70. The molecular weight excluding hydrogens is 547 g/mol. The van der Waals surface area contributed by atoms with Crippen molar-refractivity contribution in [2.45, 2.75) is 20.5 Å². The molecule has 1 heterocycles. The highest BCUT2D eigenvalue weighted by Crippen LogP contribution is 2.36. The Morgan fingerprint density at radius 2 is 1.82 bits per heavy atom. The number of carbonyl (C=O) groups excluding carboxylic acids is 1. The van der Waals surface area contributed by atoms with Gasteiger partial charge in [0.15, 0.2) is 16.6 Å². The summed E-state index contributed by atoms with van der Waals surface area (Å²) in [5.74, 6) is 1.26. The van der Waals surface area contributed by atoms with Crippen LogP contribution in [0.1, 0.15) is 25.0 Å². The van der Waals surface area contributed by atoms with E-state index >= 15 is 0 Å². The molecule has 1 aliphatic rings. The Balaban J connectivity index is 1.65. The third-order valence-electron chi connectivity index (χ3n) is 5.55. The molecule has 7 heteroatoms. The number of carbonyl (C=O) groups is 1. The minimum Gasteiger partial charge on any atom is -0.490 e. The molecule has 0 unspecified atom stereocenters. The zero-order chi connectivity index (χ0) is 23.5. The van der Waals surface area contributed by atoms with Crippen LogP contribution in [-0.2, 0) is 11.4 Å². The molecule has 0 aliphatic carbocycles. The van der Waals surface area contributed by atoms with Gasteiger partial charge in [-0.05, 0) is 88.8 Å². The molecule has 0 aromatic heterocycles. The summed E-state index contributed by atoms with van der Waals surface area (Å²) in [4.78, 5) is 16.1. The molecule has 0 radical (unpaired) electrons. The van der Waals surface area contributed by atoms with Gasteiger partial charge in [0.2, 0.25) is 0 Å². The first-order valence-corrected chi connectivity index (χ1v) is 12.3. The molecule has 1 amide bonds. The van der Waals surface area contributed by atoms with E-state index < -0.39 is 0 Å². The van der Waals surface area contributed by atoms with E-state index in [1.807, 2.05) is 57.3 Å². The van der Waals surface area contributed by atoms with Crippen LogP contribution in [0, 0.1) is 3.57 Å². The van der Waals surface area contributed by atoms with E-state index in [1.54, 1.807) is 9.80 Å². The number of amides is 1. The van der Waals surface area contributed by atoms with E-state index in [4.69, 9.17) is 21.7 Å².